The van der Waals surface area contributed by atoms with Gasteiger partial charge < -0.3 is 19.3 Å². The van der Waals surface area contributed by atoms with Gasteiger partial charge in [0.1, 0.15) is 6.10 Å². The highest BCUT2D eigenvalue weighted by atomic mass is 16.8. The molecule has 0 aromatic heterocycles. The first-order valence-corrected chi connectivity index (χ1v) is 5.43. The van der Waals surface area contributed by atoms with E-state index in [4.69, 9.17) is 20.6 Å². The Balaban J connectivity index is 1.82. The van der Waals surface area contributed by atoms with Gasteiger partial charge in [-0.3, -0.25) is 0 Å². The van der Waals surface area contributed by atoms with Gasteiger partial charge in [-0.15, -0.1) is 6.42 Å². The average Bonchev–Trinajstić information content (AvgIpc) is 2.92. The summed E-state index contributed by atoms with van der Waals surface area (Å²) in [6, 6.07) is 9.53. The lowest BCUT2D eigenvalue weighted by Crippen LogP contribution is -2.40. The molecule has 4 nitrogen and oxygen atoms in total. The third-order valence-corrected chi connectivity index (χ3v) is 3.04. The van der Waals surface area contributed by atoms with Crippen molar-refractivity contribution < 1.29 is 19.3 Å². The Morgan fingerprint density at radius 1 is 1.29 bits per heavy atom. The quantitative estimate of drug-likeness (QED) is 0.728. The first-order chi connectivity index (χ1) is 8.23. The Kier molecular flexibility index (Phi) is 2.42. The van der Waals surface area contributed by atoms with Crippen LogP contribution in [0.3, 0.4) is 0 Å². The maximum Gasteiger partial charge on any atom is 0.261 e. The summed E-state index contributed by atoms with van der Waals surface area (Å²) in [5.74, 6) is 0.540. The van der Waals surface area contributed by atoms with E-state index >= 15 is 0 Å². The molecule has 0 spiro atoms. The number of rotatable bonds is 1. The number of hydrogen-bond donors (Lipinski definition) is 1. The summed E-state index contributed by atoms with van der Waals surface area (Å²) in [5, 5.41) is 9.97. The molecule has 2 aliphatic rings. The van der Waals surface area contributed by atoms with Crippen LogP contribution in [0.25, 0.3) is 0 Å². The highest BCUT2D eigenvalue weighted by Gasteiger charge is 2.55. The Morgan fingerprint density at radius 3 is 2.76 bits per heavy atom. The second kappa shape index (κ2) is 3.83. The normalized spacial score (nSPS) is 39.9. The van der Waals surface area contributed by atoms with Gasteiger partial charge in [0.2, 0.25) is 0 Å². The van der Waals surface area contributed by atoms with E-state index in [1.54, 1.807) is 0 Å². The van der Waals surface area contributed by atoms with Crippen molar-refractivity contribution in [2.75, 3.05) is 6.61 Å². The molecule has 1 N–H and O–H groups in total. The summed E-state index contributed by atoms with van der Waals surface area (Å²) in [5.41, 5.74) is 0.904. The molecule has 3 rings (SSSR count). The number of terminal acetylenes is 1. The summed E-state index contributed by atoms with van der Waals surface area (Å²) < 4.78 is 16.4. The Bertz CT molecular complexity index is 452. The highest BCUT2D eigenvalue weighted by molar-refractivity contribution is 5.19. The molecular weight excluding hydrogens is 220 g/mol. The monoisotopic (exact) mass is 232 g/mol. The van der Waals surface area contributed by atoms with Crippen LogP contribution in [0.4, 0.5) is 0 Å². The van der Waals surface area contributed by atoms with Gasteiger partial charge in [-0.05, 0) is 5.92 Å². The molecule has 0 bridgehead atoms. The highest BCUT2D eigenvalue weighted by Crippen LogP contribution is 2.40. The lowest BCUT2D eigenvalue weighted by molar-refractivity contribution is -0.206. The predicted molar refractivity (Wildman–Crippen MR) is 58.7 cm³/mol. The van der Waals surface area contributed by atoms with Gasteiger partial charge in [-0.25, -0.2) is 0 Å². The van der Waals surface area contributed by atoms with Gasteiger partial charge in [0, 0.05) is 5.56 Å². The van der Waals surface area contributed by atoms with Gasteiger partial charge in [-0.2, -0.15) is 0 Å². The minimum Gasteiger partial charge on any atom is -0.354 e. The van der Waals surface area contributed by atoms with Crippen LogP contribution < -0.4 is 0 Å². The van der Waals surface area contributed by atoms with E-state index in [-0.39, 0.29) is 12.7 Å². The molecule has 1 aromatic carbocycles. The number of fused-ring (bicyclic) bond motifs is 1. The molecule has 0 radical (unpaired) electrons. The summed E-state index contributed by atoms with van der Waals surface area (Å²) >= 11 is 0. The van der Waals surface area contributed by atoms with E-state index in [2.05, 4.69) is 5.92 Å². The fraction of sp³-hybridized carbons (Fsp3) is 0.385. The number of hydrogen-bond acceptors (Lipinski definition) is 4. The van der Waals surface area contributed by atoms with Crippen LogP contribution in [0.2, 0.25) is 0 Å². The molecule has 0 saturated carbocycles. The van der Waals surface area contributed by atoms with Gasteiger partial charge in [0.05, 0.1) is 6.61 Å². The average molecular weight is 232 g/mol. The second-order valence-corrected chi connectivity index (χ2v) is 4.13. The van der Waals surface area contributed by atoms with Crippen LogP contribution in [0.5, 0.6) is 0 Å². The molecular formula is C13H12O4. The molecule has 2 heterocycles. The molecule has 17 heavy (non-hydrogen) atoms. The lowest BCUT2D eigenvalue weighted by Gasteiger charge is -2.21. The van der Waals surface area contributed by atoms with Crippen LogP contribution in [0.15, 0.2) is 30.3 Å². The van der Waals surface area contributed by atoms with E-state index in [0.717, 1.165) is 5.56 Å². The van der Waals surface area contributed by atoms with Crippen molar-refractivity contribution >= 4 is 0 Å². The van der Waals surface area contributed by atoms with E-state index in [9.17, 15) is 5.11 Å². The maximum atomic E-state index is 9.97. The second-order valence-electron chi connectivity index (χ2n) is 4.13. The number of aliphatic hydroxyl groups is 1. The van der Waals surface area contributed by atoms with Crippen LogP contribution in [-0.2, 0) is 14.2 Å². The minimum absolute atomic E-state index is 0.245. The zero-order chi connectivity index (χ0) is 11.9. The maximum absolute atomic E-state index is 9.97. The van der Waals surface area contributed by atoms with Crippen molar-refractivity contribution in [2.45, 2.75) is 24.3 Å². The zero-order valence-corrected chi connectivity index (χ0v) is 9.08. The van der Waals surface area contributed by atoms with E-state index < -0.39 is 18.2 Å². The standard InChI is InChI=1S/C13H12O4/c1-2-13(14)11-10(8-15-13)16-12(17-11)9-6-4-3-5-7-9/h1,3-7,10-12,14H,8H2/t10-,11-,12?,13?/m1/s1. The molecule has 0 amide bonds. The molecule has 2 fully saturated rings. The molecule has 0 aliphatic carbocycles. The van der Waals surface area contributed by atoms with Crippen LogP contribution in [0, 0.1) is 12.3 Å². The van der Waals surface area contributed by atoms with E-state index in [1.165, 1.54) is 0 Å². The van der Waals surface area contributed by atoms with E-state index in [0.29, 0.717) is 0 Å². The van der Waals surface area contributed by atoms with Gasteiger partial charge in [-0.1, -0.05) is 30.3 Å². The van der Waals surface area contributed by atoms with Crippen molar-refractivity contribution in [3.05, 3.63) is 35.9 Å². The van der Waals surface area contributed by atoms with Crippen molar-refractivity contribution in [1.82, 2.24) is 0 Å². The molecule has 2 saturated heterocycles. The summed E-state index contributed by atoms with van der Waals surface area (Å²) in [4.78, 5) is 0. The first-order valence-electron chi connectivity index (χ1n) is 5.43. The zero-order valence-electron chi connectivity index (χ0n) is 9.08. The topological polar surface area (TPSA) is 47.9 Å². The van der Waals surface area contributed by atoms with Crippen LogP contribution in [-0.4, -0.2) is 29.7 Å². The SMILES string of the molecule is C#CC1(O)OC[C@H]2OC(c3ccccc3)O[C@H]21. The number of benzene rings is 1. The van der Waals surface area contributed by atoms with Gasteiger partial charge >= 0.3 is 0 Å². The minimum atomic E-state index is -1.67. The van der Waals surface area contributed by atoms with Crippen LogP contribution in [0.1, 0.15) is 11.9 Å². The predicted octanol–water partition coefficient (Wildman–Crippen LogP) is 0.821. The van der Waals surface area contributed by atoms with E-state index in [1.807, 2.05) is 30.3 Å². The third-order valence-electron chi connectivity index (χ3n) is 3.04. The fourth-order valence-corrected chi connectivity index (χ4v) is 2.14. The molecule has 88 valence electrons. The van der Waals surface area contributed by atoms with Gasteiger partial charge in [0.15, 0.2) is 12.4 Å². The van der Waals surface area contributed by atoms with Gasteiger partial charge in [0.25, 0.3) is 5.79 Å². The van der Waals surface area contributed by atoms with Crippen molar-refractivity contribution in [2.24, 2.45) is 0 Å². The molecule has 1 aromatic rings. The Labute approximate surface area is 99.1 Å². The third kappa shape index (κ3) is 1.65. The Morgan fingerprint density at radius 2 is 2.06 bits per heavy atom. The van der Waals surface area contributed by atoms with Crippen molar-refractivity contribution in [1.29, 1.82) is 0 Å². The van der Waals surface area contributed by atoms with Crippen molar-refractivity contribution in [3.63, 3.8) is 0 Å². The molecule has 4 atom stereocenters. The fourth-order valence-electron chi connectivity index (χ4n) is 2.14. The number of ether oxygens (including phenoxy) is 3. The Hall–Kier alpha value is -1.38. The largest absolute Gasteiger partial charge is 0.354 e. The van der Waals surface area contributed by atoms with Crippen molar-refractivity contribution in [3.8, 4) is 12.3 Å². The molecule has 4 heteroatoms. The van der Waals surface area contributed by atoms with Crippen LogP contribution >= 0.6 is 0 Å². The summed E-state index contributed by atoms with van der Waals surface area (Å²) in [7, 11) is 0. The smallest absolute Gasteiger partial charge is 0.261 e. The summed E-state index contributed by atoms with van der Waals surface area (Å²) in [6.07, 6.45) is 3.81. The molecule has 2 unspecified atom stereocenters. The first kappa shape index (κ1) is 10.8. The lowest BCUT2D eigenvalue weighted by atomic mass is 10.1. The summed E-state index contributed by atoms with van der Waals surface area (Å²) in [6.45, 7) is 0.245. The molecule has 2 aliphatic heterocycles.